The first-order chi connectivity index (χ1) is 8.79. The molecule has 1 heterocycles. The zero-order valence-corrected chi connectivity index (χ0v) is 11.0. The summed E-state index contributed by atoms with van der Waals surface area (Å²) < 4.78 is 5.21. The van der Waals surface area contributed by atoms with E-state index in [1.165, 1.54) is 0 Å². The van der Waals surface area contributed by atoms with Crippen molar-refractivity contribution in [2.75, 3.05) is 6.54 Å². The first-order valence-corrected chi connectivity index (χ1v) is 6.82. The monoisotopic (exact) mass is 261 g/mol. The van der Waals surface area contributed by atoms with E-state index in [2.05, 4.69) is 10.7 Å². The number of amides is 1. The maximum absolute atomic E-state index is 11.4. The van der Waals surface area contributed by atoms with Crippen molar-refractivity contribution in [3.63, 3.8) is 0 Å². The lowest BCUT2D eigenvalue weighted by molar-refractivity contribution is 0.200. The highest BCUT2D eigenvalue weighted by molar-refractivity contribution is 7.08. The van der Waals surface area contributed by atoms with E-state index in [4.69, 9.17) is 4.74 Å². The maximum Gasteiger partial charge on any atom is 0.412 e. The number of carbonyl (C=O) groups excluding carboxylic acids is 1. The second kappa shape index (κ2) is 6.21. The summed E-state index contributed by atoms with van der Waals surface area (Å²) in [5.74, 6) is 0.562. The number of carbonyl (C=O) groups is 1. The fourth-order valence-corrected chi connectivity index (χ4v) is 2.20. The standard InChI is InChI=1S/C14H15NO2S/c1-2-7-15-14(16)17-13-5-3-4-11(9-13)12-6-8-18-10-12/h3-6,8-10H,2,7H2,1H3,(H,15,16). The van der Waals surface area contributed by atoms with Crippen LogP contribution in [0.2, 0.25) is 0 Å². The molecule has 18 heavy (non-hydrogen) atoms. The van der Waals surface area contributed by atoms with Crippen molar-refractivity contribution in [2.45, 2.75) is 13.3 Å². The average Bonchev–Trinajstić information content (AvgIpc) is 2.90. The Labute approximate surface area is 110 Å². The number of nitrogens with one attached hydrogen (secondary N) is 1. The van der Waals surface area contributed by atoms with E-state index in [0.29, 0.717) is 12.3 Å². The second-order valence-electron chi connectivity index (χ2n) is 3.86. The highest BCUT2D eigenvalue weighted by Gasteiger charge is 2.05. The highest BCUT2D eigenvalue weighted by Crippen LogP contribution is 2.25. The van der Waals surface area contributed by atoms with Gasteiger partial charge in [0, 0.05) is 6.54 Å². The van der Waals surface area contributed by atoms with E-state index < -0.39 is 6.09 Å². The number of thiophene rings is 1. The van der Waals surface area contributed by atoms with Crippen LogP contribution in [-0.2, 0) is 0 Å². The van der Waals surface area contributed by atoms with Gasteiger partial charge in [0.2, 0.25) is 0 Å². The van der Waals surface area contributed by atoms with E-state index in [9.17, 15) is 4.79 Å². The normalized spacial score (nSPS) is 10.1. The van der Waals surface area contributed by atoms with Crippen LogP contribution in [0.25, 0.3) is 11.1 Å². The molecule has 3 nitrogen and oxygen atoms in total. The predicted octanol–water partition coefficient (Wildman–Crippen LogP) is 3.91. The van der Waals surface area contributed by atoms with Gasteiger partial charge in [-0.25, -0.2) is 4.79 Å². The average molecular weight is 261 g/mol. The van der Waals surface area contributed by atoms with Gasteiger partial charge in [-0.05, 0) is 46.5 Å². The summed E-state index contributed by atoms with van der Waals surface area (Å²) in [5.41, 5.74) is 2.19. The molecule has 1 aromatic heterocycles. The van der Waals surface area contributed by atoms with Crippen molar-refractivity contribution in [1.29, 1.82) is 0 Å². The van der Waals surface area contributed by atoms with Gasteiger partial charge in [0.1, 0.15) is 5.75 Å². The fraction of sp³-hybridized carbons (Fsp3) is 0.214. The summed E-state index contributed by atoms with van der Waals surface area (Å²) in [6.45, 7) is 2.63. The van der Waals surface area contributed by atoms with Crippen LogP contribution in [0.3, 0.4) is 0 Å². The van der Waals surface area contributed by atoms with Gasteiger partial charge in [0.25, 0.3) is 0 Å². The van der Waals surface area contributed by atoms with Gasteiger partial charge in [-0.2, -0.15) is 11.3 Å². The van der Waals surface area contributed by atoms with Crippen molar-refractivity contribution in [2.24, 2.45) is 0 Å². The van der Waals surface area contributed by atoms with E-state index in [1.54, 1.807) is 17.4 Å². The van der Waals surface area contributed by atoms with Crippen molar-refractivity contribution in [3.05, 3.63) is 41.1 Å². The van der Waals surface area contributed by atoms with Gasteiger partial charge < -0.3 is 10.1 Å². The number of rotatable bonds is 4. The van der Waals surface area contributed by atoms with Crippen LogP contribution >= 0.6 is 11.3 Å². The number of ether oxygens (including phenoxy) is 1. The van der Waals surface area contributed by atoms with Crippen LogP contribution < -0.4 is 10.1 Å². The third-order valence-electron chi connectivity index (χ3n) is 2.42. The Morgan fingerprint density at radius 3 is 2.94 bits per heavy atom. The molecule has 0 radical (unpaired) electrons. The van der Waals surface area contributed by atoms with E-state index in [0.717, 1.165) is 17.5 Å². The smallest absolute Gasteiger partial charge is 0.410 e. The maximum atomic E-state index is 11.4. The SMILES string of the molecule is CCCNC(=O)Oc1cccc(-c2ccsc2)c1. The zero-order valence-electron chi connectivity index (χ0n) is 10.2. The first-order valence-electron chi connectivity index (χ1n) is 5.88. The van der Waals surface area contributed by atoms with Gasteiger partial charge in [0.05, 0.1) is 0 Å². The minimum absolute atomic E-state index is 0.403. The predicted molar refractivity (Wildman–Crippen MR) is 74.1 cm³/mol. The summed E-state index contributed by atoms with van der Waals surface area (Å²) in [6, 6.07) is 9.57. The number of hydrogen-bond acceptors (Lipinski definition) is 3. The fourth-order valence-electron chi connectivity index (χ4n) is 1.54. The number of hydrogen-bond donors (Lipinski definition) is 1. The molecule has 1 amide bonds. The molecule has 2 aromatic rings. The third kappa shape index (κ3) is 3.34. The molecule has 1 N–H and O–H groups in total. The molecular weight excluding hydrogens is 246 g/mol. The summed E-state index contributed by atoms with van der Waals surface area (Å²) in [6.07, 6.45) is 0.489. The van der Waals surface area contributed by atoms with Gasteiger partial charge in [0.15, 0.2) is 0 Å². The third-order valence-corrected chi connectivity index (χ3v) is 3.10. The van der Waals surface area contributed by atoms with E-state index in [-0.39, 0.29) is 0 Å². The van der Waals surface area contributed by atoms with Gasteiger partial charge >= 0.3 is 6.09 Å². The topological polar surface area (TPSA) is 38.3 Å². The molecule has 94 valence electrons. The van der Waals surface area contributed by atoms with Gasteiger partial charge in [-0.3, -0.25) is 0 Å². The van der Waals surface area contributed by atoms with Gasteiger partial charge in [-0.15, -0.1) is 0 Å². The molecule has 4 heteroatoms. The molecule has 0 atom stereocenters. The Morgan fingerprint density at radius 2 is 2.22 bits per heavy atom. The lowest BCUT2D eigenvalue weighted by atomic mass is 10.1. The Balaban J connectivity index is 2.06. The summed E-state index contributed by atoms with van der Waals surface area (Å²) >= 11 is 1.65. The van der Waals surface area contributed by atoms with Crippen LogP contribution in [0, 0.1) is 0 Å². The molecular formula is C14H15NO2S. The molecule has 0 aliphatic rings. The minimum atomic E-state index is -0.403. The van der Waals surface area contributed by atoms with Crippen molar-refractivity contribution in [3.8, 4) is 16.9 Å². The molecule has 0 aliphatic heterocycles. The van der Waals surface area contributed by atoms with Crippen LogP contribution in [0.1, 0.15) is 13.3 Å². The van der Waals surface area contributed by atoms with Crippen LogP contribution in [-0.4, -0.2) is 12.6 Å². The Bertz CT molecular complexity index is 508. The molecule has 0 bridgehead atoms. The van der Waals surface area contributed by atoms with E-state index in [1.807, 2.05) is 36.6 Å². The number of benzene rings is 1. The van der Waals surface area contributed by atoms with Crippen LogP contribution in [0.15, 0.2) is 41.1 Å². The largest absolute Gasteiger partial charge is 0.412 e. The van der Waals surface area contributed by atoms with Crippen LogP contribution in [0.5, 0.6) is 5.75 Å². The molecule has 0 unspecified atom stereocenters. The van der Waals surface area contributed by atoms with Gasteiger partial charge in [-0.1, -0.05) is 19.1 Å². The quantitative estimate of drug-likeness (QED) is 0.906. The molecule has 0 spiro atoms. The highest BCUT2D eigenvalue weighted by atomic mass is 32.1. The molecule has 0 fully saturated rings. The Morgan fingerprint density at radius 1 is 1.33 bits per heavy atom. The first kappa shape index (κ1) is 12.6. The van der Waals surface area contributed by atoms with Crippen molar-refractivity contribution >= 4 is 17.4 Å². The minimum Gasteiger partial charge on any atom is -0.410 e. The second-order valence-corrected chi connectivity index (χ2v) is 4.64. The Hall–Kier alpha value is -1.81. The summed E-state index contributed by atoms with van der Waals surface area (Å²) in [7, 11) is 0. The zero-order chi connectivity index (χ0) is 12.8. The molecule has 0 saturated heterocycles. The Kier molecular flexibility index (Phi) is 4.36. The van der Waals surface area contributed by atoms with Crippen molar-refractivity contribution in [1.82, 2.24) is 5.32 Å². The molecule has 1 aromatic carbocycles. The molecule has 0 aliphatic carbocycles. The van der Waals surface area contributed by atoms with E-state index >= 15 is 0 Å². The lowest BCUT2D eigenvalue weighted by Gasteiger charge is -2.06. The molecule has 0 saturated carbocycles. The van der Waals surface area contributed by atoms with Crippen molar-refractivity contribution < 1.29 is 9.53 Å². The molecule has 2 rings (SSSR count). The lowest BCUT2D eigenvalue weighted by Crippen LogP contribution is -2.27. The van der Waals surface area contributed by atoms with Crippen LogP contribution in [0.4, 0.5) is 4.79 Å². The summed E-state index contributed by atoms with van der Waals surface area (Å²) in [4.78, 5) is 11.4. The summed E-state index contributed by atoms with van der Waals surface area (Å²) in [5, 5.41) is 6.77.